The van der Waals surface area contributed by atoms with Gasteiger partial charge in [-0.1, -0.05) is 48.6 Å². The molecule has 1 saturated heterocycles. The monoisotopic (exact) mass is 414 g/mol. The molecular weight excluding hydrogens is 392 g/mol. The van der Waals surface area contributed by atoms with Crippen LogP contribution in [0.5, 0.6) is 0 Å². The zero-order valence-corrected chi connectivity index (χ0v) is 17.1. The van der Waals surface area contributed by atoms with Crippen LogP contribution in [-0.2, 0) is 14.4 Å². The number of hydrogen-bond acceptors (Lipinski definition) is 4. The number of pyridine rings is 1. The first kappa shape index (κ1) is 19.2. The van der Waals surface area contributed by atoms with Crippen molar-refractivity contribution in [1.29, 1.82) is 0 Å². The van der Waals surface area contributed by atoms with Crippen LogP contribution in [-0.4, -0.2) is 38.6 Å². The molecule has 156 valence electrons. The van der Waals surface area contributed by atoms with Gasteiger partial charge in [0, 0.05) is 11.8 Å². The standard InChI is InChI=1S/C24H22N4O3/c1-15-8-7-13-27-21(15)26-20(16-9-3-2-4-10-16)22(27)25-19(29)14-28-23(30)17-11-5-6-12-18(17)24(28)31/h2-10,13,17-18H,11-12,14H2,1H3,(H,25,29)/t17-,18+. The van der Waals surface area contributed by atoms with E-state index in [9.17, 15) is 14.4 Å². The van der Waals surface area contributed by atoms with Crippen molar-refractivity contribution in [1.82, 2.24) is 14.3 Å². The highest BCUT2D eigenvalue weighted by Crippen LogP contribution is 2.35. The van der Waals surface area contributed by atoms with Gasteiger partial charge in [0.15, 0.2) is 0 Å². The summed E-state index contributed by atoms with van der Waals surface area (Å²) >= 11 is 0. The highest BCUT2D eigenvalue weighted by atomic mass is 16.2. The Morgan fingerprint density at radius 1 is 1.03 bits per heavy atom. The van der Waals surface area contributed by atoms with Crippen LogP contribution in [0.15, 0.2) is 60.8 Å². The molecule has 0 saturated carbocycles. The fourth-order valence-electron chi connectivity index (χ4n) is 4.46. The maximum Gasteiger partial charge on any atom is 0.245 e. The first-order valence-corrected chi connectivity index (χ1v) is 10.4. The number of anilines is 1. The van der Waals surface area contributed by atoms with Crippen LogP contribution in [0.1, 0.15) is 18.4 Å². The van der Waals surface area contributed by atoms with Crippen LogP contribution in [0.4, 0.5) is 5.82 Å². The second kappa shape index (κ2) is 7.50. The van der Waals surface area contributed by atoms with E-state index in [-0.39, 0.29) is 30.2 Å². The molecule has 31 heavy (non-hydrogen) atoms. The summed E-state index contributed by atoms with van der Waals surface area (Å²) in [7, 11) is 0. The first-order valence-electron chi connectivity index (χ1n) is 10.4. The molecule has 1 aliphatic heterocycles. The number of carbonyl (C=O) groups excluding carboxylic acids is 3. The van der Waals surface area contributed by atoms with Gasteiger partial charge in [-0.05, 0) is 31.4 Å². The zero-order chi connectivity index (χ0) is 21.5. The minimum Gasteiger partial charge on any atom is -0.308 e. The van der Waals surface area contributed by atoms with Crippen molar-refractivity contribution in [3.63, 3.8) is 0 Å². The Morgan fingerprint density at radius 3 is 2.39 bits per heavy atom. The number of amides is 3. The summed E-state index contributed by atoms with van der Waals surface area (Å²) in [4.78, 5) is 44.2. The molecule has 2 atom stereocenters. The summed E-state index contributed by atoms with van der Waals surface area (Å²) in [6.07, 6.45) is 6.81. The number of rotatable bonds is 4. The van der Waals surface area contributed by atoms with Crippen molar-refractivity contribution in [3.8, 4) is 11.3 Å². The number of aromatic nitrogens is 2. The average Bonchev–Trinajstić information content (AvgIpc) is 3.27. The van der Waals surface area contributed by atoms with Gasteiger partial charge in [0.2, 0.25) is 17.7 Å². The molecule has 3 heterocycles. The summed E-state index contributed by atoms with van der Waals surface area (Å²) in [6, 6.07) is 13.4. The largest absolute Gasteiger partial charge is 0.308 e. The molecule has 7 nitrogen and oxygen atoms in total. The number of aryl methyl sites for hydroxylation is 1. The number of nitrogens with one attached hydrogen (secondary N) is 1. The molecule has 7 heteroatoms. The number of imidazole rings is 1. The number of allylic oxidation sites excluding steroid dienone is 2. The Hall–Kier alpha value is -3.74. The predicted octanol–water partition coefficient (Wildman–Crippen LogP) is 3.20. The van der Waals surface area contributed by atoms with Crippen molar-refractivity contribution in [2.24, 2.45) is 11.8 Å². The normalized spacial score (nSPS) is 20.4. The third-order valence-corrected chi connectivity index (χ3v) is 6.05. The third-order valence-electron chi connectivity index (χ3n) is 6.05. The highest BCUT2D eigenvalue weighted by molar-refractivity contribution is 6.09. The Balaban J connectivity index is 1.45. The Bertz CT molecular complexity index is 1200. The highest BCUT2D eigenvalue weighted by Gasteiger charge is 2.47. The van der Waals surface area contributed by atoms with Crippen LogP contribution in [0.2, 0.25) is 0 Å². The SMILES string of the molecule is Cc1cccn2c(NC(=O)CN3C(=O)[C@H]4CC=CC[C@H]4C3=O)c(-c3ccccc3)nc12. The fraction of sp³-hybridized carbons (Fsp3) is 0.250. The minimum absolute atomic E-state index is 0.258. The minimum atomic E-state index is -0.422. The fourth-order valence-corrected chi connectivity index (χ4v) is 4.46. The molecule has 1 aromatic carbocycles. The number of hydrogen-bond donors (Lipinski definition) is 1. The lowest BCUT2D eigenvalue weighted by Crippen LogP contribution is -2.38. The summed E-state index contributed by atoms with van der Waals surface area (Å²) < 4.78 is 1.83. The lowest BCUT2D eigenvalue weighted by molar-refractivity contribution is -0.142. The van der Waals surface area contributed by atoms with Gasteiger partial charge < -0.3 is 5.32 Å². The van der Waals surface area contributed by atoms with Gasteiger partial charge in [-0.2, -0.15) is 0 Å². The van der Waals surface area contributed by atoms with Gasteiger partial charge in [0.05, 0.1) is 11.8 Å². The van der Waals surface area contributed by atoms with Gasteiger partial charge >= 0.3 is 0 Å². The Kier molecular flexibility index (Phi) is 4.66. The quantitative estimate of drug-likeness (QED) is 0.525. The molecule has 0 radical (unpaired) electrons. The van der Waals surface area contributed by atoms with E-state index in [0.717, 1.165) is 21.7 Å². The van der Waals surface area contributed by atoms with E-state index in [0.29, 0.717) is 24.4 Å². The number of benzene rings is 1. The first-order chi connectivity index (χ1) is 15.0. The number of nitrogens with zero attached hydrogens (tertiary/aromatic N) is 3. The van der Waals surface area contributed by atoms with E-state index in [1.807, 2.05) is 72.1 Å². The third kappa shape index (κ3) is 3.22. The molecule has 0 spiro atoms. The van der Waals surface area contributed by atoms with Gasteiger partial charge in [-0.25, -0.2) is 4.98 Å². The molecule has 0 unspecified atom stereocenters. The molecule has 1 aliphatic carbocycles. The molecule has 1 N–H and O–H groups in total. The molecule has 5 rings (SSSR count). The van der Waals surface area contributed by atoms with E-state index in [2.05, 4.69) is 5.32 Å². The van der Waals surface area contributed by atoms with Crippen molar-refractivity contribution in [2.75, 3.05) is 11.9 Å². The van der Waals surface area contributed by atoms with E-state index in [4.69, 9.17) is 4.98 Å². The van der Waals surface area contributed by atoms with Crippen LogP contribution in [0.3, 0.4) is 0 Å². The van der Waals surface area contributed by atoms with Crippen molar-refractivity contribution in [2.45, 2.75) is 19.8 Å². The maximum atomic E-state index is 13.0. The molecule has 3 amide bonds. The number of fused-ring (bicyclic) bond motifs is 2. The van der Waals surface area contributed by atoms with Crippen LogP contribution in [0, 0.1) is 18.8 Å². The summed E-state index contributed by atoms with van der Waals surface area (Å²) in [5.74, 6) is -1.10. The second-order valence-electron chi connectivity index (χ2n) is 8.03. The number of likely N-dealkylation sites (tertiary alicyclic amines) is 1. The van der Waals surface area contributed by atoms with Crippen LogP contribution in [0.25, 0.3) is 16.9 Å². The van der Waals surface area contributed by atoms with E-state index in [1.54, 1.807) is 0 Å². The predicted molar refractivity (Wildman–Crippen MR) is 116 cm³/mol. The van der Waals surface area contributed by atoms with Crippen molar-refractivity contribution in [3.05, 3.63) is 66.4 Å². The topological polar surface area (TPSA) is 83.8 Å². The zero-order valence-electron chi connectivity index (χ0n) is 17.1. The van der Waals surface area contributed by atoms with Crippen molar-refractivity contribution < 1.29 is 14.4 Å². The van der Waals surface area contributed by atoms with Gasteiger partial charge in [0.1, 0.15) is 23.7 Å². The molecule has 1 fully saturated rings. The summed E-state index contributed by atoms with van der Waals surface area (Å²) in [5.41, 5.74) is 3.22. The van der Waals surface area contributed by atoms with E-state index in [1.165, 1.54) is 0 Å². The van der Waals surface area contributed by atoms with E-state index >= 15 is 0 Å². The Morgan fingerprint density at radius 2 is 1.71 bits per heavy atom. The molecule has 2 aliphatic rings. The summed E-state index contributed by atoms with van der Waals surface area (Å²) in [5, 5.41) is 2.91. The average molecular weight is 414 g/mol. The van der Waals surface area contributed by atoms with E-state index < -0.39 is 5.91 Å². The van der Waals surface area contributed by atoms with Gasteiger partial charge in [-0.15, -0.1) is 0 Å². The lowest BCUT2D eigenvalue weighted by Gasteiger charge is -2.15. The summed E-state index contributed by atoms with van der Waals surface area (Å²) in [6.45, 7) is 1.66. The molecule has 3 aromatic rings. The smallest absolute Gasteiger partial charge is 0.245 e. The van der Waals surface area contributed by atoms with Crippen LogP contribution >= 0.6 is 0 Å². The number of carbonyl (C=O) groups is 3. The Labute approximate surface area is 179 Å². The second-order valence-corrected chi connectivity index (χ2v) is 8.03. The maximum absolute atomic E-state index is 13.0. The van der Waals surface area contributed by atoms with Crippen molar-refractivity contribution >= 4 is 29.2 Å². The van der Waals surface area contributed by atoms with Gasteiger partial charge in [0.25, 0.3) is 0 Å². The molecular formula is C24H22N4O3. The van der Waals surface area contributed by atoms with Crippen LogP contribution < -0.4 is 5.32 Å². The molecule has 2 aromatic heterocycles. The number of imide groups is 1. The van der Waals surface area contributed by atoms with Gasteiger partial charge in [-0.3, -0.25) is 23.7 Å². The molecule has 0 bridgehead atoms. The lowest BCUT2D eigenvalue weighted by atomic mass is 9.85.